The molecule has 0 spiro atoms. The maximum absolute atomic E-state index is 11.6. The number of carbonyl (C=O) groups is 3. The van der Waals surface area contributed by atoms with Crippen molar-refractivity contribution >= 4 is 29.2 Å². The summed E-state index contributed by atoms with van der Waals surface area (Å²) in [5.74, 6) is -2.68. The highest BCUT2D eigenvalue weighted by atomic mass is 32.1. The van der Waals surface area contributed by atoms with E-state index in [0.717, 1.165) is 4.88 Å². The molecule has 0 aliphatic carbocycles. The molecule has 0 saturated carbocycles. The number of carbonyl (C=O) groups excluding carboxylic acids is 1. The summed E-state index contributed by atoms with van der Waals surface area (Å²) < 4.78 is 0. The molecule has 7 heteroatoms. The van der Waals surface area contributed by atoms with Crippen LogP contribution >= 0.6 is 11.3 Å². The number of nitrogens with one attached hydrogen (secondary N) is 1. The summed E-state index contributed by atoms with van der Waals surface area (Å²) in [5.41, 5.74) is 0. The first-order valence-corrected chi connectivity index (χ1v) is 6.63. The summed E-state index contributed by atoms with van der Waals surface area (Å²) in [6.45, 7) is 0. The zero-order valence-electron chi connectivity index (χ0n) is 10.2. The second-order valence-corrected chi connectivity index (χ2v) is 5.00. The largest absolute Gasteiger partial charge is 0.481 e. The van der Waals surface area contributed by atoms with Crippen LogP contribution in [0.1, 0.15) is 24.1 Å². The van der Waals surface area contributed by atoms with Gasteiger partial charge in [-0.05, 0) is 24.3 Å². The number of hydrogen-bond acceptors (Lipinski definition) is 4. The number of thiophene rings is 1. The van der Waals surface area contributed by atoms with Gasteiger partial charge in [0.1, 0.15) is 6.04 Å². The quantitative estimate of drug-likeness (QED) is 0.664. The van der Waals surface area contributed by atoms with Crippen LogP contribution in [0.5, 0.6) is 0 Å². The van der Waals surface area contributed by atoms with Gasteiger partial charge in [-0.3, -0.25) is 9.59 Å². The van der Waals surface area contributed by atoms with Crippen molar-refractivity contribution in [3.05, 3.63) is 22.4 Å². The third-order valence-electron chi connectivity index (χ3n) is 2.46. The zero-order valence-corrected chi connectivity index (χ0v) is 11.0. The number of aryl methyl sites for hydroxylation is 1. The lowest BCUT2D eigenvalue weighted by Gasteiger charge is -2.13. The third-order valence-corrected chi connectivity index (χ3v) is 3.39. The predicted octanol–water partition coefficient (Wildman–Crippen LogP) is 1.11. The Bertz CT molecular complexity index is 443. The molecule has 0 unspecified atom stereocenters. The maximum Gasteiger partial charge on any atom is 0.326 e. The molecule has 0 saturated heterocycles. The maximum atomic E-state index is 11.6. The van der Waals surface area contributed by atoms with Gasteiger partial charge in [-0.2, -0.15) is 0 Å². The fourth-order valence-electron chi connectivity index (χ4n) is 1.48. The Morgan fingerprint density at radius 2 is 2.00 bits per heavy atom. The molecule has 0 aliphatic rings. The van der Waals surface area contributed by atoms with Gasteiger partial charge in [0.15, 0.2) is 0 Å². The number of hydrogen-bond donors (Lipinski definition) is 3. The van der Waals surface area contributed by atoms with Crippen LogP contribution < -0.4 is 5.32 Å². The van der Waals surface area contributed by atoms with E-state index >= 15 is 0 Å². The smallest absolute Gasteiger partial charge is 0.326 e. The summed E-state index contributed by atoms with van der Waals surface area (Å²) in [6, 6.07) is 2.63. The molecular weight excluding hydrogens is 270 g/mol. The van der Waals surface area contributed by atoms with Crippen molar-refractivity contribution in [1.82, 2.24) is 5.32 Å². The van der Waals surface area contributed by atoms with Crippen molar-refractivity contribution in [2.75, 3.05) is 0 Å². The van der Waals surface area contributed by atoms with Crippen LogP contribution in [-0.2, 0) is 20.8 Å². The first-order chi connectivity index (χ1) is 8.99. The molecule has 0 radical (unpaired) electrons. The van der Waals surface area contributed by atoms with E-state index in [2.05, 4.69) is 5.32 Å². The van der Waals surface area contributed by atoms with E-state index in [9.17, 15) is 14.4 Å². The molecule has 1 rings (SSSR count). The van der Waals surface area contributed by atoms with Crippen LogP contribution in [0.15, 0.2) is 17.5 Å². The molecule has 1 aromatic rings. The van der Waals surface area contributed by atoms with E-state index < -0.39 is 18.0 Å². The molecule has 0 fully saturated rings. The fraction of sp³-hybridized carbons (Fsp3) is 0.417. The van der Waals surface area contributed by atoms with Crippen LogP contribution in [0.2, 0.25) is 0 Å². The van der Waals surface area contributed by atoms with Gasteiger partial charge >= 0.3 is 11.9 Å². The fourth-order valence-corrected chi connectivity index (χ4v) is 2.19. The van der Waals surface area contributed by atoms with Crippen molar-refractivity contribution in [1.29, 1.82) is 0 Å². The molecule has 104 valence electrons. The standard InChI is InChI=1S/C12H15NO5S/c14-10(5-3-8-2-1-7-19-8)13-9(12(17)18)4-6-11(15)16/h1-2,7,9H,3-6H2,(H,13,14)(H,15,16)(H,17,18)/t9-/m0/s1. The van der Waals surface area contributed by atoms with Crippen LogP contribution in [0, 0.1) is 0 Å². The molecular formula is C12H15NO5S. The molecule has 1 heterocycles. The van der Waals surface area contributed by atoms with Gasteiger partial charge in [0.2, 0.25) is 5.91 Å². The van der Waals surface area contributed by atoms with E-state index in [0.29, 0.717) is 6.42 Å². The van der Waals surface area contributed by atoms with Crippen LogP contribution in [-0.4, -0.2) is 34.1 Å². The second kappa shape index (κ2) is 7.52. The van der Waals surface area contributed by atoms with E-state index in [-0.39, 0.29) is 25.2 Å². The Balaban J connectivity index is 2.38. The Morgan fingerprint density at radius 1 is 1.26 bits per heavy atom. The highest BCUT2D eigenvalue weighted by molar-refractivity contribution is 7.09. The van der Waals surface area contributed by atoms with Gasteiger partial charge in [-0.1, -0.05) is 6.07 Å². The van der Waals surface area contributed by atoms with Crippen LogP contribution in [0.25, 0.3) is 0 Å². The lowest BCUT2D eigenvalue weighted by atomic mass is 10.1. The van der Waals surface area contributed by atoms with Gasteiger partial charge in [-0.25, -0.2) is 4.79 Å². The minimum Gasteiger partial charge on any atom is -0.481 e. The summed E-state index contributed by atoms with van der Waals surface area (Å²) in [6.07, 6.45) is 0.337. The zero-order chi connectivity index (χ0) is 14.3. The molecule has 1 aromatic heterocycles. The van der Waals surface area contributed by atoms with Crippen molar-refractivity contribution in [3.63, 3.8) is 0 Å². The first-order valence-electron chi connectivity index (χ1n) is 5.75. The van der Waals surface area contributed by atoms with Gasteiger partial charge in [0.25, 0.3) is 0 Å². The van der Waals surface area contributed by atoms with Crippen molar-refractivity contribution < 1.29 is 24.6 Å². The highest BCUT2D eigenvalue weighted by Gasteiger charge is 2.20. The molecule has 19 heavy (non-hydrogen) atoms. The Hall–Kier alpha value is -1.89. The lowest BCUT2D eigenvalue weighted by molar-refractivity contribution is -0.143. The van der Waals surface area contributed by atoms with Gasteiger partial charge in [0, 0.05) is 17.7 Å². The minimum absolute atomic E-state index is 0.116. The van der Waals surface area contributed by atoms with Crippen molar-refractivity contribution in [3.8, 4) is 0 Å². The molecule has 6 nitrogen and oxygen atoms in total. The van der Waals surface area contributed by atoms with Gasteiger partial charge in [-0.15, -0.1) is 11.3 Å². The predicted molar refractivity (Wildman–Crippen MR) is 69.1 cm³/mol. The number of rotatable bonds is 8. The number of carboxylic acid groups (broad SMARTS) is 2. The average Bonchev–Trinajstić information content (AvgIpc) is 2.84. The Labute approximate surface area is 114 Å². The molecule has 0 bridgehead atoms. The van der Waals surface area contributed by atoms with E-state index in [1.54, 1.807) is 0 Å². The Morgan fingerprint density at radius 3 is 2.53 bits per heavy atom. The van der Waals surface area contributed by atoms with Gasteiger partial charge in [0.05, 0.1) is 0 Å². The number of amides is 1. The first kappa shape index (κ1) is 15.2. The SMILES string of the molecule is O=C(O)CC[C@H](NC(=O)CCc1cccs1)C(=O)O. The van der Waals surface area contributed by atoms with E-state index in [4.69, 9.17) is 10.2 Å². The molecule has 1 atom stereocenters. The molecule has 3 N–H and O–H groups in total. The lowest BCUT2D eigenvalue weighted by Crippen LogP contribution is -2.41. The normalized spacial score (nSPS) is 11.8. The molecule has 0 aliphatic heterocycles. The summed E-state index contributed by atoms with van der Waals surface area (Å²) in [7, 11) is 0. The summed E-state index contributed by atoms with van der Waals surface area (Å²) in [5, 5.41) is 21.6. The topological polar surface area (TPSA) is 104 Å². The number of carboxylic acids is 2. The molecule has 1 amide bonds. The summed E-state index contributed by atoms with van der Waals surface area (Å²) in [4.78, 5) is 33.9. The van der Waals surface area contributed by atoms with Crippen molar-refractivity contribution in [2.45, 2.75) is 31.7 Å². The van der Waals surface area contributed by atoms with E-state index in [1.165, 1.54) is 11.3 Å². The second-order valence-electron chi connectivity index (χ2n) is 3.97. The molecule has 0 aromatic carbocycles. The van der Waals surface area contributed by atoms with Crippen LogP contribution in [0.3, 0.4) is 0 Å². The van der Waals surface area contributed by atoms with Crippen molar-refractivity contribution in [2.24, 2.45) is 0 Å². The monoisotopic (exact) mass is 285 g/mol. The van der Waals surface area contributed by atoms with Gasteiger partial charge < -0.3 is 15.5 Å². The highest BCUT2D eigenvalue weighted by Crippen LogP contribution is 2.10. The van der Waals surface area contributed by atoms with Crippen LogP contribution in [0.4, 0.5) is 0 Å². The number of aliphatic carboxylic acids is 2. The summed E-state index contributed by atoms with van der Waals surface area (Å²) >= 11 is 1.53. The minimum atomic E-state index is -1.22. The third kappa shape index (κ3) is 6.01. The average molecular weight is 285 g/mol. The van der Waals surface area contributed by atoms with E-state index in [1.807, 2.05) is 17.5 Å². The Kier molecular flexibility index (Phi) is 6.01.